The number of nitrogens with zero attached hydrogens (tertiary/aromatic N) is 1. The summed E-state index contributed by atoms with van der Waals surface area (Å²) in [5.74, 6) is -0.722. The number of hydrogen-bond donors (Lipinski definition) is 0. The lowest BCUT2D eigenvalue weighted by atomic mass is 9.87. The van der Waals surface area contributed by atoms with Crippen LogP contribution in [0.2, 0.25) is 0 Å². The molecule has 0 radical (unpaired) electrons. The summed E-state index contributed by atoms with van der Waals surface area (Å²) in [6.45, 7) is 9.07. The van der Waals surface area contributed by atoms with E-state index >= 15 is 0 Å². The van der Waals surface area contributed by atoms with Crippen molar-refractivity contribution in [3.8, 4) is 0 Å². The molecular weight excluding hydrogens is 245 g/mol. The van der Waals surface area contributed by atoms with E-state index in [1.54, 1.807) is 6.07 Å². The number of hydrogen-bond acceptors (Lipinski definition) is 3. The molecule has 0 amide bonds. The fraction of sp³-hybridized carbons (Fsp3) is 0.600. The third kappa shape index (κ3) is 2.23. The Kier molecular flexibility index (Phi) is 2.84. The minimum Gasteiger partial charge on any atom is -0.365 e. The Morgan fingerprint density at radius 2 is 1.89 bits per heavy atom. The van der Waals surface area contributed by atoms with Crippen molar-refractivity contribution in [1.82, 2.24) is 0 Å². The molecule has 2 aliphatic rings. The summed E-state index contributed by atoms with van der Waals surface area (Å²) >= 11 is 0. The van der Waals surface area contributed by atoms with Crippen molar-refractivity contribution in [2.75, 3.05) is 31.2 Å². The van der Waals surface area contributed by atoms with Crippen molar-refractivity contribution in [2.45, 2.75) is 32.0 Å². The largest absolute Gasteiger partial charge is 0.365 e. The summed E-state index contributed by atoms with van der Waals surface area (Å²) in [6, 6.07) is 5.03. The molecule has 104 valence electrons. The van der Waals surface area contributed by atoms with Crippen LogP contribution in [0.1, 0.15) is 26.3 Å². The zero-order valence-corrected chi connectivity index (χ0v) is 11.7. The second-order valence-electron chi connectivity index (χ2n) is 6.23. The van der Waals surface area contributed by atoms with Gasteiger partial charge in [-0.2, -0.15) is 0 Å². The van der Waals surface area contributed by atoms with Gasteiger partial charge in [-0.15, -0.1) is 0 Å². The molecule has 2 aliphatic heterocycles. The lowest BCUT2D eigenvalue weighted by Gasteiger charge is -2.31. The van der Waals surface area contributed by atoms with Crippen LogP contribution in [0.4, 0.5) is 10.1 Å². The molecule has 3 nitrogen and oxygen atoms in total. The molecule has 1 aromatic carbocycles. The van der Waals surface area contributed by atoms with Gasteiger partial charge in [-0.25, -0.2) is 4.39 Å². The molecule has 4 heteroatoms. The Hall–Kier alpha value is -1.13. The van der Waals surface area contributed by atoms with Gasteiger partial charge in [0.15, 0.2) is 5.79 Å². The van der Waals surface area contributed by atoms with E-state index in [9.17, 15) is 4.39 Å². The van der Waals surface area contributed by atoms with Crippen molar-refractivity contribution in [3.05, 3.63) is 29.6 Å². The zero-order chi connectivity index (χ0) is 13.7. The molecule has 3 rings (SSSR count). The van der Waals surface area contributed by atoms with E-state index in [0.29, 0.717) is 19.8 Å². The summed E-state index contributed by atoms with van der Waals surface area (Å²) in [5, 5.41) is 0. The Labute approximate surface area is 113 Å². The lowest BCUT2D eigenvalue weighted by Crippen LogP contribution is -2.42. The highest BCUT2D eigenvalue weighted by Crippen LogP contribution is 2.41. The normalized spacial score (nSPS) is 23.7. The van der Waals surface area contributed by atoms with E-state index in [0.717, 1.165) is 17.8 Å². The molecule has 0 N–H and O–H groups in total. The second kappa shape index (κ2) is 4.18. The maximum atomic E-state index is 13.4. The van der Waals surface area contributed by atoms with Crippen LogP contribution in [0.15, 0.2) is 18.2 Å². The van der Waals surface area contributed by atoms with Gasteiger partial charge in [0.05, 0.1) is 19.8 Å². The van der Waals surface area contributed by atoms with Crippen LogP contribution in [0.5, 0.6) is 0 Å². The van der Waals surface area contributed by atoms with Gasteiger partial charge in [-0.1, -0.05) is 13.8 Å². The Bertz CT molecular complexity index is 495. The summed E-state index contributed by atoms with van der Waals surface area (Å²) in [5.41, 5.74) is 2.10. The third-order valence-electron chi connectivity index (χ3n) is 3.99. The van der Waals surface area contributed by atoms with Crippen molar-refractivity contribution in [2.24, 2.45) is 0 Å². The first kappa shape index (κ1) is 12.9. The minimum absolute atomic E-state index is 0.0492. The van der Waals surface area contributed by atoms with Crippen molar-refractivity contribution >= 4 is 5.69 Å². The molecule has 0 bridgehead atoms. The SMILES string of the molecule is CC1(CN2CC(C)(C)c3cc(F)ccc32)OCCO1. The lowest BCUT2D eigenvalue weighted by molar-refractivity contribution is -0.133. The van der Waals surface area contributed by atoms with Gasteiger partial charge in [0.2, 0.25) is 0 Å². The van der Waals surface area contributed by atoms with E-state index in [-0.39, 0.29) is 11.2 Å². The third-order valence-corrected chi connectivity index (χ3v) is 3.99. The summed E-state index contributed by atoms with van der Waals surface area (Å²) in [6.07, 6.45) is 0. The first-order valence-corrected chi connectivity index (χ1v) is 6.73. The number of halogens is 1. The summed E-state index contributed by atoms with van der Waals surface area (Å²) in [4.78, 5) is 2.24. The van der Waals surface area contributed by atoms with Gasteiger partial charge >= 0.3 is 0 Å². The molecule has 0 aromatic heterocycles. The monoisotopic (exact) mass is 265 g/mol. The van der Waals surface area contributed by atoms with Crippen molar-refractivity contribution in [3.63, 3.8) is 0 Å². The Morgan fingerprint density at radius 1 is 1.21 bits per heavy atom. The zero-order valence-electron chi connectivity index (χ0n) is 11.7. The van der Waals surface area contributed by atoms with Gasteiger partial charge in [-0.3, -0.25) is 0 Å². The highest BCUT2D eigenvalue weighted by molar-refractivity contribution is 5.62. The summed E-state index contributed by atoms with van der Waals surface area (Å²) in [7, 11) is 0. The van der Waals surface area contributed by atoms with Crippen LogP contribution in [0, 0.1) is 5.82 Å². The van der Waals surface area contributed by atoms with Crippen LogP contribution in [-0.4, -0.2) is 32.1 Å². The molecule has 0 atom stereocenters. The van der Waals surface area contributed by atoms with Gasteiger partial charge in [0, 0.05) is 17.6 Å². The molecule has 1 fully saturated rings. The Balaban J connectivity index is 1.90. The predicted molar refractivity (Wildman–Crippen MR) is 71.9 cm³/mol. The molecule has 1 aromatic rings. The average Bonchev–Trinajstić information content (AvgIpc) is 2.83. The van der Waals surface area contributed by atoms with Gasteiger partial charge in [0.25, 0.3) is 0 Å². The van der Waals surface area contributed by atoms with E-state index < -0.39 is 5.79 Å². The highest BCUT2D eigenvalue weighted by Gasteiger charge is 2.40. The maximum Gasteiger partial charge on any atom is 0.183 e. The quantitative estimate of drug-likeness (QED) is 0.820. The van der Waals surface area contributed by atoms with E-state index in [2.05, 4.69) is 18.7 Å². The van der Waals surface area contributed by atoms with Crippen molar-refractivity contribution < 1.29 is 13.9 Å². The summed E-state index contributed by atoms with van der Waals surface area (Å²) < 4.78 is 24.8. The van der Waals surface area contributed by atoms with Crippen LogP contribution < -0.4 is 4.90 Å². The Morgan fingerprint density at radius 3 is 2.58 bits per heavy atom. The number of rotatable bonds is 2. The van der Waals surface area contributed by atoms with E-state index in [4.69, 9.17) is 9.47 Å². The number of ether oxygens (including phenoxy) is 2. The molecule has 0 saturated carbocycles. The topological polar surface area (TPSA) is 21.7 Å². The van der Waals surface area contributed by atoms with E-state index in [1.165, 1.54) is 6.07 Å². The van der Waals surface area contributed by atoms with Crippen LogP contribution in [-0.2, 0) is 14.9 Å². The van der Waals surface area contributed by atoms with Gasteiger partial charge < -0.3 is 14.4 Å². The first-order valence-electron chi connectivity index (χ1n) is 6.73. The maximum absolute atomic E-state index is 13.4. The molecule has 0 spiro atoms. The fourth-order valence-corrected chi connectivity index (χ4v) is 3.11. The standard InChI is InChI=1S/C15H20FNO2/c1-14(2)9-17(10-15(3)18-6-7-19-15)13-5-4-11(16)8-12(13)14/h4-5,8H,6-7,9-10H2,1-3H3. The van der Waals surface area contributed by atoms with Crippen LogP contribution in [0.3, 0.4) is 0 Å². The second-order valence-corrected chi connectivity index (χ2v) is 6.23. The van der Waals surface area contributed by atoms with Gasteiger partial charge in [0.1, 0.15) is 5.82 Å². The predicted octanol–water partition coefficient (Wildman–Crippen LogP) is 2.69. The van der Waals surface area contributed by atoms with Gasteiger partial charge in [-0.05, 0) is 30.7 Å². The van der Waals surface area contributed by atoms with E-state index in [1.807, 2.05) is 13.0 Å². The molecule has 0 unspecified atom stereocenters. The minimum atomic E-state index is -0.550. The van der Waals surface area contributed by atoms with Crippen molar-refractivity contribution in [1.29, 1.82) is 0 Å². The average molecular weight is 265 g/mol. The van der Waals surface area contributed by atoms with Crippen LogP contribution in [0.25, 0.3) is 0 Å². The molecule has 0 aliphatic carbocycles. The molecule has 19 heavy (non-hydrogen) atoms. The fourth-order valence-electron chi connectivity index (χ4n) is 3.11. The highest BCUT2D eigenvalue weighted by atomic mass is 19.1. The number of anilines is 1. The molecule has 1 saturated heterocycles. The van der Waals surface area contributed by atoms with Crippen LogP contribution >= 0.6 is 0 Å². The first-order chi connectivity index (χ1) is 8.90. The number of fused-ring (bicyclic) bond motifs is 1. The number of benzene rings is 1. The smallest absolute Gasteiger partial charge is 0.183 e. The molecular formula is C15H20FNO2. The molecule has 2 heterocycles.